The summed E-state index contributed by atoms with van der Waals surface area (Å²) in [6.07, 6.45) is 9.63. The number of fused-ring (bicyclic) bond motifs is 1. The van der Waals surface area contributed by atoms with Gasteiger partial charge in [0, 0.05) is 24.0 Å². The van der Waals surface area contributed by atoms with Gasteiger partial charge >= 0.3 is 0 Å². The Morgan fingerprint density at radius 3 is 2.66 bits per heavy atom. The Morgan fingerprint density at radius 1 is 1.14 bits per heavy atom. The summed E-state index contributed by atoms with van der Waals surface area (Å²) >= 11 is 0. The number of nitrogens with zero attached hydrogens (tertiary/aromatic N) is 4. The van der Waals surface area contributed by atoms with Crippen LogP contribution in [0.4, 0.5) is 10.1 Å². The van der Waals surface area contributed by atoms with Gasteiger partial charge < -0.3 is 4.90 Å². The highest BCUT2D eigenvalue weighted by molar-refractivity contribution is 6.06. The topological polar surface area (TPSA) is 51.0 Å². The molecule has 5 nitrogen and oxygen atoms in total. The Balaban J connectivity index is 1.57. The molecule has 1 amide bonds. The first kappa shape index (κ1) is 18.0. The van der Waals surface area contributed by atoms with Crippen molar-refractivity contribution in [2.45, 2.75) is 38.5 Å². The van der Waals surface area contributed by atoms with Gasteiger partial charge in [0.2, 0.25) is 0 Å². The highest BCUT2D eigenvalue weighted by Crippen LogP contribution is 2.33. The fraction of sp³-hybridized carbons (Fsp3) is 0.348. The average molecular weight is 390 g/mol. The molecule has 2 aliphatic rings. The van der Waals surface area contributed by atoms with Crippen molar-refractivity contribution in [1.82, 2.24) is 14.8 Å². The van der Waals surface area contributed by atoms with E-state index in [1.54, 1.807) is 24.5 Å². The van der Waals surface area contributed by atoms with E-state index in [0.29, 0.717) is 18.2 Å². The molecule has 2 heterocycles. The van der Waals surface area contributed by atoms with Gasteiger partial charge in [-0.15, -0.1) is 0 Å². The van der Waals surface area contributed by atoms with Gasteiger partial charge in [-0.3, -0.25) is 9.78 Å². The number of aromatic nitrogens is 3. The van der Waals surface area contributed by atoms with Crippen LogP contribution in [-0.4, -0.2) is 27.2 Å². The maximum atomic E-state index is 13.6. The average Bonchev–Trinajstić information content (AvgIpc) is 3.51. The molecule has 148 valence electrons. The summed E-state index contributed by atoms with van der Waals surface area (Å²) in [5.74, 6) is 0.205. The summed E-state index contributed by atoms with van der Waals surface area (Å²) in [7, 11) is 0. The van der Waals surface area contributed by atoms with Crippen molar-refractivity contribution in [1.29, 1.82) is 0 Å². The third kappa shape index (κ3) is 3.55. The van der Waals surface area contributed by atoms with E-state index in [0.717, 1.165) is 61.2 Å². The van der Waals surface area contributed by atoms with Crippen LogP contribution in [0.1, 0.15) is 47.4 Å². The minimum atomic E-state index is -0.279. The second kappa shape index (κ2) is 7.43. The van der Waals surface area contributed by atoms with Gasteiger partial charge in [-0.1, -0.05) is 0 Å². The molecule has 2 aromatic heterocycles. The molecule has 2 aliphatic carbocycles. The molecule has 1 fully saturated rings. The molecule has 0 saturated heterocycles. The van der Waals surface area contributed by atoms with Gasteiger partial charge in [0.05, 0.1) is 17.6 Å². The van der Waals surface area contributed by atoms with Crippen molar-refractivity contribution < 1.29 is 9.18 Å². The lowest BCUT2D eigenvalue weighted by molar-refractivity contribution is 0.0979. The number of amides is 1. The van der Waals surface area contributed by atoms with Crippen molar-refractivity contribution >= 4 is 11.6 Å². The third-order valence-electron chi connectivity index (χ3n) is 5.79. The molecule has 0 radical (unpaired) electrons. The number of carbonyl (C=O) groups is 1. The van der Waals surface area contributed by atoms with Gasteiger partial charge in [-0.2, -0.15) is 5.10 Å². The molecule has 0 atom stereocenters. The van der Waals surface area contributed by atoms with Crippen molar-refractivity contribution in [2.24, 2.45) is 5.92 Å². The quantitative estimate of drug-likeness (QED) is 0.651. The second-order valence-corrected chi connectivity index (χ2v) is 7.94. The molecule has 3 aromatic rings. The van der Waals surface area contributed by atoms with Crippen LogP contribution in [0.3, 0.4) is 0 Å². The summed E-state index contributed by atoms with van der Waals surface area (Å²) in [4.78, 5) is 19.7. The van der Waals surface area contributed by atoms with E-state index in [1.807, 2.05) is 21.7 Å². The van der Waals surface area contributed by atoms with Crippen molar-refractivity contribution in [3.63, 3.8) is 0 Å². The predicted octanol–water partition coefficient (Wildman–Crippen LogP) is 4.34. The SMILES string of the molecule is O=C(c1nn(-c2ccc(F)cc2)c2c1CCCC2)N(CC1CC1)c1cccnc1. The van der Waals surface area contributed by atoms with E-state index in [1.165, 1.54) is 12.1 Å². The van der Waals surface area contributed by atoms with Gasteiger partial charge in [0.1, 0.15) is 5.82 Å². The largest absolute Gasteiger partial charge is 0.305 e. The predicted molar refractivity (Wildman–Crippen MR) is 109 cm³/mol. The van der Waals surface area contributed by atoms with E-state index in [9.17, 15) is 9.18 Å². The van der Waals surface area contributed by atoms with Gasteiger partial charge in [0.15, 0.2) is 5.69 Å². The molecule has 0 bridgehead atoms. The molecule has 0 aliphatic heterocycles. The zero-order chi connectivity index (χ0) is 19.8. The minimum absolute atomic E-state index is 0.0658. The number of halogens is 1. The van der Waals surface area contributed by atoms with Crippen molar-refractivity contribution in [3.05, 3.63) is 71.6 Å². The number of rotatable bonds is 5. The number of pyridine rings is 1. The zero-order valence-corrected chi connectivity index (χ0v) is 16.2. The number of anilines is 1. The first-order valence-corrected chi connectivity index (χ1v) is 10.3. The van der Waals surface area contributed by atoms with E-state index < -0.39 is 0 Å². The van der Waals surface area contributed by atoms with Crippen molar-refractivity contribution in [3.8, 4) is 5.69 Å². The summed E-state index contributed by atoms with van der Waals surface area (Å²) < 4.78 is 15.2. The van der Waals surface area contributed by atoms with Crippen molar-refractivity contribution in [2.75, 3.05) is 11.4 Å². The molecule has 0 unspecified atom stereocenters. The number of hydrogen-bond acceptors (Lipinski definition) is 3. The summed E-state index contributed by atoms with van der Waals surface area (Å²) in [5, 5.41) is 4.75. The third-order valence-corrected chi connectivity index (χ3v) is 5.79. The first-order chi connectivity index (χ1) is 14.2. The van der Waals surface area contributed by atoms with Crippen LogP contribution in [0.5, 0.6) is 0 Å². The minimum Gasteiger partial charge on any atom is -0.305 e. The number of hydrogen-bond donors (Lipinski definition) is 0. The molecule has 0 N–H and O–H groups in total. The van der Waals surface area contributed by atoms with E-state index in [-0.39, 0.29) is 11.7 Å². The maximum absolute atomic E-state index is 13.6. The fourth-order valence-electron chi connectivity index (χ4n) is 4.07. The van der Waals surface area contributed by atoms with Gasteiger partial charge in [-0.25, -0.2) is 9.07 Å². The highest BCUT2D eigenvalue weighted by atomic mass is 19.1. The van der Waals surface area contributed by atoms with Crippen LogP contribution in [0.25, 0.3) is 5.69 Å². The second-order valence-electron chi connectivity index (χ2n) is 7.94. The van der Waals surface area contributed by atoms with Crippen LogP contribution >= 0.6 is 0 Å². The van der Waals surface area contributed by atoms with Crippen LogP contribution in [0, 0.1) is 11.7 Å². The summed E-state index contributed by atoms with van der Waals surface area (Å²) in [5.41, 5.74) is 4.23. The van der Waals surface area contributed by atoms with E-state index >= 15 is 0 Å². The summed E-state index contributed by atoms with van der Waals surface area (Å²) in [6.45, 7) is 0.697. The maximum Gasteiger partial charge on any atom is 0.279 e. The lowest BCUT2D eigenvalue weighted by Gasteiger charge is -2.22. The van der Waals surface area contributed by atoms with Crippen LogP contribution < -0.4 is 4.90 Å². The van der Waals surface area contributed by atoms with Crippen LogP contribution in [0.2, 0.25) is 0 Å². The van der Waals surface area contributed by atoms with Crippen LogP contribution in [0.15, 0.2) is 48.8 Å². The Morgan fingerprint density at radius 2 is 1.93 bits per heavy atom. The normalized spacial score (nSPS) is 15.8. The molecular formula is C23H23FN4O. The Labute approximate surface area is 169 Å². The van der Waals surface area contributed by atoms with Gasteiger partial charge in [-0.05, 0) is 80.8 Å². The molecule has 6 heteroatoms. The molecule has 29 heavy (non-hydrogen) atoms. The van der Waals surface area contributed by atoms with E-state index in [2.05, 4.69) is 4.98 Å². The van der Waals surface area contributed by atoms with E-state index in [4.69, 9.17) is 5.10 Å². The smallest absolute Gasteiger partial charge is 0.279 e. The number of benzene rings is 1. The lowest BCUT2D eigenvalue weighted by Crippen LogP contribution is -2.34. The fourth-order valence-corrected chi connectivity index (χ4v) is 4.07. The highest BCUT2D eigenvalue weighted by Gasteiger charge is 2.32. The lowest BCUT2D eigenvalue weighted by atomic mass is 9.95. The molecule has 0 spiro atoms. The van der Waals surface area contributed by atoms with Crippen LogP contribution in [-0.2, 0) is 12.8 Å². The monoisotopic (exact) mass is 390 g/mol. The standard InChI is InChI=1S/C23H23FN4O/c24-17-9-11-18(12-10-17)28-21-6-2-1-5-20(21)22(26-28)23(29)27(15-16-7-8-16)19-4-3-13-25-14-19/h3-4,9-14,16H,1-2,5-8,15H2. The molecule has 5 rings (SSSR count). The molecule has 1 saturated carbocycles. The van der Waals surface area contributed by atoms with Gasteiger partial charge in [0.25, 0.3) is 5.91 Å². The molecule has 1 aromatic carbocycles. The number of carbonyl (C=O) groups excluding carboxylic acids is 1. The molecular weight excluding hydrogens is 367 g/mol. The zero-order valence-electron chi connectivity index (χ0n) is 16.2. The Hall–Kier alpha value is -3.02. The Kier molecular flexibility index (Phi) is 4.62. The summed E-state index contributed by atoms with van der Waals surface area (Å²) in [6, 6.07) is 10.1. The Bertz CT molecular complexity index is 1030. The first-order valence-electron chi connectivity index (χ1n) is 10.3.